The first-order chi connectivity index (χ1) is 12.9. The highest BCUT2D eigenvalue weighted by Crippen LogP contribution is 2.22. The smallest absolute Gasteiger partial charge is 0.335 e. The van der Waals surface area contributed by atoms with Crippen molar-refractivity contribution in [1.29, 1.82) is 0 Å². The van der Waals surface area contributed by atoms with Crippen molar-refractivity contribution in [3.8, 4) is 0 Å². The molecule has 3 aromatic rings. The van der Waals surface area contributed by atoms with Gasteiger partial charge in [0.2, 0.25) is 0 Å². The van der Waals surface area contributed by atoms with Gasteiger partial charge in [-0.2, -0.15) is 4.99 Å². The van der Waals surface area contributed by atoms with Crippen LogP contribution < -0.4 is 4.80 Å². The fraction of sp³-hybridized carbons (Fsp3) is 0.158. The first kappa shape index (κ1) is 18.5. The average Bonchev–Trinajstić information content (AvgIpc) is 3.00. The highest BCUT2D eigenvalue weighted by molar-refractivity contribution is 7.16. The molecule has 2 aromatic carbocycles. The fourth-order valence-corrected chi connectivity index (χ4v) is 3.81. The van der Waals surface area contributed by atoms with Crippen LogP contribution in [0.15, 0.2) is 53.5 Å². The number of fused-ring (bicyclic) bond motifs is 1. The van der Waals surface area contributed by atoms with Crippen LogP contribution in [0.3, 0.4) is 0 Å². The third kappa shape index (κ3) is 3.65. The van der Waals surface area contributed by atoms with Gasteiger partial charge >= 0.3 is 11.9 Å². The summed E-state index contributed by atoms with van der Waals surface area (Å²) in [6.07, 6.45) is 0.338. The maximum absolute atomic E-state index is 12.5. The maximum Gasteiger partial charge on any atom is 0.335 e. The molecule has 0 saturated heterocycles. The van der Waals surface area contributed by atoms with E-state index in [9.17, 15) is 19.5 Å². The third-order valence-electron chi connectivity index (χ3n) is 4.09. The summed E-state index contributed by atoms with van der Waals surface area (Å²) in [5.41, 5.74) is 0.998. The number of carbonyl (C=O) groups is 3. The van der Waals surface area contributed by atoms with Crippen LogP contribution in [0.25, 0.3) is 10.2 Å². The zero-order valence-corrected chi connectivity index (χ0v) is 15.1. The van der Waals surface area contributed by atoms with Gasteiger partial charge in [-0.15, -0.1) is 0 Å². The molecule has 1 amide bonds. The number of rotatable bonds is 5. The zero-order chi connectivity index (χ0) is 19.6. The van der Waals surface area contributed by atoms with Gasteiger partial charge in [0, 0.05) is 5.56 Å². The summed E-state index contributed by atoms with van der Waals surface area (Å²) in [6, 6.07) is 11.9. The molecule has 1 unspecified atom stereocenters. The Hall–Kier alpha value is -3.26. The summed E-state index contributed by atoms with van der Waals surface area (Å²) in [4.78, 5) is 39.6. The lowest BCUT2D eigenvalue weighted by Gasteiger charge is -2.13. The van der Waals surface area contributed by atoms with E-state index in [-0.39, 0.29) is 15.9 Å². The topological polar surface area (TPSA) is 109 Å². The van der Waals surface area contributed by atoms with Crippen molar-refractivity contribution >= 4 is 39.4 Å². The molecule has 0 radical (unpaired) electrons. The van der Waals surface area contributed by atoms with Gasteiger partial charge in [-0.1, -0.05) is 30.4 Å². The molecule has 27 heavy (non-hydrogen) atoms. The number of para-hydroxylation sites is 1. The number of thiazole rings is 1. The number of aromatic nitrogens is 1. The van der Waals surface area contributed by atoms with Crippen LogP contribution in [0.5, 0.6) is 0 Å². The first-order valence-electron chi connectivity index (χ1n) is 8.17. The largest absolute Gasteiger partial charge is 0.480 e. The molecule has 0 saturated carbocycles. The van der Waals surface area contributed by atoms with Crippen molar-refractivity contribution in [3.05, 3.63) is 64.5 Å². The van der Waals surface area contributed by atoms with Gasteiger partial charge in [0.05, 0.1) is 15.8 Å². The maximum atomic E-state index is 12.5. The van der Waals surface area contributed by atoms with Crippen molar-refractivity contribution in [3.63, 3.8) is 0 Å². The van der Waals surface area contributed by atoms with Gasteiger partial charge in [0.1, 0.15) is 6.04 Å². The molecule has 138 valence electrons. The minimum atomic E-state index is -1.08. The van der Waals surface area contributed by atoms with E-state index < -0.39 is 23.9 Å². The van der Waals surface area contributed by atoms with Crippen LogP contribution in [-0.2, 0) is 4.79 Å². The number of hydrogen-bond donors (Lipinski definition) is 2. The second kappa shape index (κ2) is 7.55. The molecule has 7 nitrogen and oxygen atoms in total. The number of carboxylic acids is 2. The fourth-order valence-electron chi connectivity index (χ4n) is 2.75. The quantitative estimate of drug-likeness (QED) is 0.702. The molecule has 0 fully saturated rings. The van der Waals surface area contributed by atoms with E-state index in [1.165, 1.54) is 35.6 Å². The van der Waals surface area contributed by atoms with Gasteiger partial charge < -0.3 is 14.8 Å². The molecule has 0 spiro atoms. The predicted molar refractivity (Wildman–Crippen MR) is 100 cm³/mol. The first-order valence-corrected chi connectivity index (χ1v) is 8.99. The van der Waals surface area contributed by atoms with Crippen LogP contribution in [0.2, 0.25) is 0 Å². The molecular weight excluding hydrogens is 368 g/mol. The Morgan fingerprint density at radius 1 is 1.04 bits per heavy atom. The minimum absolute atomic E-state index is 0.0698. The normalized spacial score (nSPS) is 12.9. The summed E-state index contributed by atoms with van der Waals surface area (Å²) in [5, 5.41) is 18.5. The summed E-state index contributed by atoms with van der Waals surface area (Å²) in [5.74, 6) is -2.64. The van der Waals surface area contributed by atoms with Gasteiger partial charge in [-0.05, 0) is 42.8 Å². The Morgan fingerprint density at radius 2 is 1.67 bits per heavy atom. The van der Waals surface area contributed by atoms with E-state index in [4.69, 9.17) is 5.11 Å². The average molecular weight is 384 g/mol. The lowest BCUT2D eigenvalue weighted by atomic mass is 10.1. The van der Waals surface area contributed by atoms with E-state index in [0.29, 0.717) is 11.9 Å². The van der Waals surface area contributed by atoms with E-state index in [1.807, 2.05) is 12.1 Å². The molecule has 8 heteroatoms. The molecule has 1 aromatic heterocycles. The van der Waals surface area contributed by atoms with Gasteiger partial charge in [-0.25, -0.2) is 9.59 Å². The van der Waals surface area contributed by atoms with Gasteiger partial charge in [0.15, 0.2) is 4.80 Å². The van der Waals surface area contributed by atoms with Gasteiger partial charge in [-0.3, -0.25) is 4.79 Å². The highest BCUT2D eigenvalue weighted by atomic mass is 32.1. The van der Waals surface area contributed by atoms with E-state index >= 15 is 0 Å². The molecule has 0 bridgehead atoms. The van der Waals surface area contributed by atoms with E-state index in [0.717, 1.165) is 4.70 Å². The van der Waals surface area contributed by atoms with Crippen molar-refractivity contribution in [2.24, 2.45) is 4.99 Å². The Balaban J connectivity index is 2.13. The molecule has 0 aliphatic carbocycles. The number of hydrogen-bond acceptors (Lipinski definition) is 4. The van der Waals surface area contributed by atoms with Crippen LogP contribution >= 0.6 is 11.3 Å². The SMILES string of the molecule is CCC(C(=O)O)n1/c(=N\C(=O)c2ccc(C(=O)O)cc2)sc2ccccc21. The minimum Gasteiger partial charge on any atom is -0.480 e. The number of amides is 1. The number of nitrogens with zero attached hydrogens (tertiary/aromatic N) is 2. The molecule has 3 rings (SSSR count). The Labute approximate surface area is 157 Å². The standard InChI is InChI=1S/C19H16N2O5S/c1-2-13(18(25)26)21-14-5-3-4-6-15(14)27-19(21)20-16(22)11-7-9-12(10-8-11)17(23)24/h3-10,13H,2H2,1H3,(H,23,24)(H,25,26)/b20-19+. The Bertz CT molecular complexity index is 1100. The van der Waals surface area contributed by atoms with Crippen LogP contribution in [0, 0.1) is 0 Å². The summed E-state index contributed by atoms with van der Waals surface area (Å²) in [7, 11) is 0. The Kier molecular flexibility index (Phi) is 5.18. The van der Waals surface area contributed by atoms with Crippen molar-refractivity contribution < 1.29 is 24.6 Å². The lowest BCUT2D eigenvalue weighted by Crippen LogP contribution is -2.27. The van der Waals surface area contributed by atoms with E-state index in [1.54, 1.807) is 23.6 Å². The second-order valence-electron chi connectivity index (χ2n) is 5.78. The van der Waals surface area contributed by atoms with Crippen molar-refractivity contribution in [1.82, 2.24) is 4.57 Å². The summed E-state index contributed by atoms with van der Waals surface area (Å²) in [6.45, 7) is 1.76. The van der Waals surface area contributed by atoms with Crippen LogP contribution in [0.4, 0.5) is 0 Å². The number of aliphatic carboxylic acids is 1. The van der Waals surface area contributed by atoms with Gasteiger partial charge in [0.25, 0.3) is 5.91 Å². The number of carboxylic acid groups (broad SMARTS) is 2. The monoisotopic (exact) mass is 384 g/mol. The number of carbonyl (C=O) groups excluding carboxylic acids is 1. The highest BCUT2D eigenvalue weighted by Gasteiger charge is 2.22. The van der Waals surface area contributed by atoms with Crippen LogP contribution in [0.1, 0.15) is 40.1 Å². The molecular formula is C19H16N2O5S. The summed E-state index contributed by atoms with van der Waals surface area (Å²) < 4.78 is 2.39. The molecule has 0 aliphatic rings. The predicted octanol–water partition coefficient (Wildman–Crippen LogP) is 3.18. The second-order valence-corrected chi connectivity index (χ2v) is 6.79. The third-order valence-corrected chi connectivity index (χ3v) is 5.13. The number of aromatic carboxylic acids is 1. The van der Waals surface area contributed by atoms with Crippen molar-refractivity contribution in [2.45, 2.75) is 19.4 Å². The summed E-state index contributed by atoms with van der Waals surface area (Å²) >= 11 is 1.23. The van der Waals surface area contributed by atoms with Crippen LogP contribution in [-0.4, -0.2) is 32.6 Å². The molecule has 1 atom stereocenters. The van der Waals surface area contributed by atoms with E-state index in [2.05, 4.69) is 4.99 Å². The molecule has 0 aliphatic heterocycles. The molecule has 2 N–H and O–H groups in total. The lowest BCUT2D eigenvalue weighted by molar-refractivity contribution is -0.140. The molecule has 1 heterocycles. The number of benzene rings is 2. The van der Waals surface area contributed by atoms with Crippen molar-refractivity contribution in [2.75, 3.05) is 0 Å². The zero-order valence-electron chi connectivity index (χ0n) is 14.3. The Morgan fingerprint density at radius 3 is 2.26 bits per heavy atom.